The standard InChI is InChI=1S/C51H68N12O7S/c1-7-38-45(53)62(30-52)40-29-56-50(60-46(40)63(38)36-11-8-9-12-36)58-37-19-18-35(27-41(37)68-6)47(65)54-21-24-70-26-25-69-23-20-42(64)59-44(51(3,4)5)49(67)61-22-10-13-39(61)48(66)55-28-33-14-16-34(17-15-33)43-32(2)57-31-71-43/h14-19,27,29-31,36,38-39,44,52-53H,7-13,20-26,28H2,1-6H3,(H,54,65)(H,55,66)(H,59,64)(H,56,58,60)/t38-,39+,44-/m1/s1. The number of nitrogens with zero attached hydrogens (tertiary/aromatic N) is 6. The van der Waals surface area contributed by atoms with Gasteiger partial charge < -0.3 is 45.3 Å². The smallest absolute Gasteiger partial charge is 0.251 e. The molecule has 6 N–H and O–H groups in total. The highest BCUT2D eigenvalue weighted by molar-refractivity contribution is 7.13. The number of thiazole rings is 1. The number of amidine groups is 1. The summed E-state index contributed by atoms with van der Waals surface area (Å²) in [4.78, 5) is 73.8. The van der Waals surface area contributed by atoms with E-state index in [-0.39, 0.29) is 75.1 Å². The van der Waals surface area contributed by atoms with E-state index in [1.54, 1.807) is 40.6 Å². The Morgan fingerprint density at radius 1 is 0.958 bits per heavy atom. The highest BCUT2D eigenvalue weighted by Gasteiger charge is 2.42. The number of anilines is 4. The lowest BCUT2D eigenvalue weighted by Crippen LogP contribution is -2.57. The molecule has 2 aromatic heterocycles. The van der Waals surface area contributed by atoms with Crippen LogP contribution in [0.1, 0.15) is 101 Å². The van der Waals surface area contributed by atoms with E-state index in [0.29, 0.717) is 72.6 Å². The molecule has 3 aliphatic rings. The summed E-state index contributed by atoms with van der Waals surface area (Å²) in [6, 6.07) is 11.6. The van der Waals surface area contributed by atoms with Crippen molar-refractivity contribution < 1.29 is 33.4 Å². The molecule has 0 unspecified atom stereocenters. The monoisotopic (exact) mass is 993 g/mol. The van der Waals surface area contributed by atoms with Gasteiger partial charge in [0.05, 0.1) is 73.9 Å². The summed E-state index contributed by atoms with van der Waals surface area (Å²) in [6.45, 7) is 11.5. The predicted molar refractivity (Wildman–Crippen MR) is 275 cm³/mol. The molecule has 380 valence electrons. The summed E-state index contributed by atoms with van der Waals surface area (Å²) in [5.41, 5.74) is 5.77. The number of aryl methyl sites for hydroxylation is 1. The van der Waals surface area contributed by atoms with Gasteiger partial charge >= 0.3 is 0 Å². The molecule has 3 atom stereocenters. The molecule has 2 aliphatic heterocycles. The first-order valence-electron chi connectivity index (χ1n) is 24.5. The van der Waals surface area contributed by atoms with Gasteiger partial charge in [-0.05, 0) is 73.8 Å². The normalized spacial score (nSPS) is 17.4. The van der Waals surface area contributed by atoms with Crippen molar-refractivity contribution in [2.75, 3.05) is 61.7 Å². The first-order chi connectivity index (χ1) is 34.2. The zero-order valence-electron chi connectivity index (χ0n) is 41.6. The van der Waals surface area contributed by atoms with Gasteiger partial charge in [0.1, 0.15) is 29.4 Å². The lowest BCUT2D eigenvalue weighted by molar-refractivity contribution is -0.144. The second-order valence-corrected chi connectivity index (χ2v) is 19.9. The third kappa shape index (κ3) is 12.7. The number of hydrogen-bond acceptors (Lipinski definition) is 15. The number of ether oxygens (including phenoxy) is 3. The molecule has 4 aromatic rings. The van der Waals surface area contributed by atoms with Crippen molar-refractivity contribution in [1.82, 2.24) is 35.8 Å². The van der Waals surface area contributed by atoms with Crippen molar-refractivity contribution >= 4 is 70.3 Å². The van der Waals surface area contributed by atoms with Gasteiger partial charge in [-0.1, -0.05) is 64.8 Å². The van der Waals surface area contributed by atoms with Gasteiger partial charge in [0.25, 0.3) is 5.91 Å². The molecule has 0 bridgehead atoms. The molecule has 20 heteroatoms. The average molecular weight is 993 g/mol. The second-order valence-electron chi connectivity index (χ2n) is 19.1. The van der Waals surface area contributed by atoms with Crippen molar-refractivity contribution in [3.8, 4) is 16.2 Å². The molecule has 2 fully saturated rings. The summed E-state index contributed by atoms with van der Waals surface area (Å²) >= 11 is 1.59. The van der Waals surface area contributed by atoms with Gasteiger partial charge in [-0.3, -0.25) is 34.9 Å². The van der Waals surface area contributed by atoms with Crippen molar-refractivity contribution in [2.24, 2.45) is 5.41 Å². The van der Waals surface area contributed by atoms with Crippen LogP contribution in [0, 0.1) is 23.2 Å². The summed E-state index contributed by atoms with van der Waals surface area (Å²) in [5.74, 6) is 0.627. The van der Waals surface area contributed by atoms with E-state index in [0.717, 1.165) is 53.7 Å². The SMILES string of the molecule is CC[C@@H]1C(=N)N(C=N)c2cnc(Nc3ccc(C(=O)NCCOCCOCCC(=O)N[C@H](C(=O)N4CCC[C@H]4C(=O)NCc4ccc(-c5scnc5C)cc4)C(C)(C)C)cc3OC)nc2N1C1CCCC1. The predicted octanol–water partition coefficient (Wildman–Crippen LogP) is 6.58. The number of carbonyl (C=O) groups excluding carboxylic acids is 4. The second kappa shape index (κ2) is 24.1. The van der Waals surface area contributed by atoms with Crippen LogP contribution in [-0.4, -0.2) is 126 Å². The van der Waals surface area contributed by atoms with Gasteiger partial charge in [0.15, 0.2) is 5.82 Å². The molecular formula is C51H68N12O7S. The number of methoxy groups -OCH3 is 1. The van der Waals surface area contributed by atoms with Crippen LogP contribution >= 0.6 is 11.3 Å². The third-order valence-electron chi connectivity index (χ3n) is 13.2. The van der Waals surface area contributed by atoms with Gasteiger partial charge in [-0.15, -0.1) is 11.3 Å². The highest BCUT2D eigenvalue weighted by Crippen LogP contribution is 2.41. The number of hydrogen-bond donors (Lipinski definition) is 6. The number of rotatable bonds is 22. The Hall–Kier alpha value is -6.51. The van der Waals surface area contributed by atoms with Crippen LogP contribution in [0.2, 0.25) is 0 Å². The fraction of sp³-hybridized carbons (Fsp3) is 0.510. The molecule has 71 heavy (non-hydrogen) atoms. The molecule has 7 rings (SSSR count). The molecule has 19 nitrogen and oxygen atoms in total. The lowest BCUT2D eigenvalue weighted by Gasteiger charge is -2.44. The fourth-order valence-electron chi connectivity index (χ4n) is 9.39. The average Bonchev–Trinajstić information content (AvgIpc) is 4.18. The van der Waals surface area contributed by atoms with E-state index >= 15 is 0 Å². The topological polar surface area (TPSA) is 240 Å². The van der Waals surface area contributed by atoms with Gasteiger partial charge in [-0.25, -0.2) is 9.97 Å². The van der Waals surface area contributed by atoms with Crippen LogP contribution in [0.4, 0.5) is 23.1 Å². The molecule has 0 radical (unpaired) electrons. The van der Waals surface area contributed by atoms with E-state index in [1.807, 2.05) is 64.4 Å². The minimum Gasteiger partial charge on any atom is -0.495 e. The van der Waals surface area contributed by atoms with Crippen LogP contribution in [0.25, 0.3) is 10.4 Å². The lowest BCUT2D eigenvalue weighted by atomic mass is 9.85. The minimum atomic E-state index is -0.837. The van der Waals surface area contributed by atoms with Crippen LogP contribution in [0.5, 0.6) is 5.75 Å². The highest BCUT2D eigenvalue weighted by atomic mass is 32.1. The zero-order valence-corrected chi connectivity index (χ0v) is 42.5. The number of benzene rings is 2. The summed E-state index contributed by atoms with van der Waals surface area (Å²) in [5, 5.41) is 28.9. The zero-order chi connectivity index (χ0) is 50.7. The first kappa shape index (κ1) is 52.3. The summed E-state index contributed by atoms with van der Waals surface area (Å²) < 4.78 is 17.0. The molecule has 0 spiro atoms. The van der Waals surface area contributed by atoms with Crippen LogP contribution in [0.15, 0.2) is 54.2 Å². The van der Waals surface area contributed by atoms with E-state index in [1.165, 1.54) is 12.0 Å². The molecule has 1 saturated heterocycles. The number of carbonyl (C=O) groups is 4. The quantitative estimate of drug-likeness (QED) is 0.0277. The Bertz CT molecular complexity index is 2530. The Kier molecular flexibility index (Phi) is 17.7. The minimum absolute atomic E-state index is 0.0361. The largest absolute Gasteiger partial charge is 0.495 e. The number of aromatic nitrogens is 3. The molecule has 1 aliphatic carbocycles. The molecule has 2 aromatic carbocycles. The third-order valence-corrected chi connectivity index (χ3v) is 14.1. The Morgan fingerprint density at radius 3 is 2.38 bits per heavy atom. The molecule has 1 saturated carbocycles. The maximum absolute atomic E-state index is 14.0. The van der Waals surface area contributed by atoms with E-state index < -0.39 is 17.5 Å². The van der Waals surface area contributed by atoms with E-state index in [4.69, 9.17) is 30.0 Å². The summed E-state index contributed by atoms with van der Waals surface area (Å²) in [6.07, 6.45) is 9.04. The first-order valence-corrected chi connectivity index (χ1v) is 25.4. The molecule has 4 heterocycles. The number of nitrogens with one attached hydrogen (secondary N) is 6. The summed E-state index contributed by atoms with van der Waals surface area (Å²) in [7, 11) is 1.52. The van der Waals surface area contributed by atoms with Crippen molar-refractivity contribution in [2.45, 2.75) is 117 Å². The van der Waals surface area contributed by atoms with Crippen molar-refractivity contribution in [3.63, 3.8) is 0 Å². The molecule has 4 amide bonds. The maximum atomic E-state index is 14.0. The van der Waals surface area contributed by atoms with E-state index in [9.17, 15) is 19.2 Å². The number of likely N-dealkylation sites (tertiary alicyclic amines) is 1. The molecular weight excluding hydrogens is 925 g/mol. The van der Waals surface area contributed by atoms with Gasteiger partial charge in [0, 0.05) is 37.7 Å². The van der Waals surface area contributed by atoms with Gasteiger partial charge in [0.2, 0.25) is 23.7 Å². The van der Waals surface area contributed by atoms with Gasteiger partial charge in [-0.2, -0.15) is 4.98 Å². The van der Waals surface area contributed by atoms with E-state index in [2.05, 4.69) is 36.1 Å². The van der Waals surface area contributed by atoms with Crippen LogP contribution in [0.3, 0.4) is 0 Å². The van der Waals surface area contributed by atoms with Crippen LogP contribution < -0.4 is 35.8 Å². The fourth-order valence-corrected chi connectivity index (χ4v) is 10.2. The Morgan fingerprint density at radius 2 is 1.70 bits per heavy atom. The van der Waals surface area contributed by atoms with Crippen LogP contribution in [-0.2, 0) is 30.4 Å². The Balaban J connectivity index is 0.808. The Labute approximate surface area is 419 Å². The maximum Gasteiger partial charge on any atom is 0.251 e. The van der Waals surface area contributed by atoms with Crippen molar-refractivity contribution in [3.05, 3.63) is 71.0 Å². The number of amides is 4. The number of fused-ring (bicyclic) bond motifs is 1. The van der Waals surface area contributed by atoms with Crippen molar-refractivity contribution in [1.29, 1.82) is 10.8 Å².